The summed E-state index contributed by atoms with van der Waals surface area (Å²) in [5.41, 5.74) is 3.66. The van der Waals surface area contributed by atoms with Crippen LogP contribution in [0.25, 0.3) is 0 Å². The van der Waals surface area contributed by atoms with E-state index < -0.39 is 0 Å². The van der Waals surface area contributed by atoms with Crippen LogP contribution in [0.2, 0.25) is 0 Å². The van der Waals surface area contributed by atoms with Gasteiger partial charge in [0.2, 0.25) is 0 Å². The fraction of sp³-hybridized carbons (Fsp3) is 0.647. The van der Waals surface area contributed by atoms with Gasteiger partial charge in [0.1, 0.15) is 0 Å². The summed E-state index contributed by atoms with van der Waals surface area (Å²) in [6, 6.07) is 6.32. The first-order chi connectivity index (χ1) is 8.65. The minimum atomic E-state index is -0.254. The molecular weight excluding hydrogens is 220 g/mol. The van der Waals surface area contributed by atoms with Crippen LogP contribution in [0.4, 0.5) is 0 Å². The van der Waals surface area contributed by atoms with E-state index in [9.17, 15) is 5.11 Å². The zero-order valence-electron chi connectivity index (χ0n) is 11.5. The average Bonchev–Trinajstić information content (AvgIpc) is 2.90. The molecule has 2 fully saturated rings. The van der Waals surface area contributed by atoms with E-state index in [0.717, 1.165) is 24.2 Å². The van der Waals surface area contributed by atoms with Crippen LogP contribution in [0.15, 0.2) is 18.2 Å². The Labute approximate surface area is 110 Å². The van der Waals surface area contributed by atoms with Crippen molar-refractivity contribution >= 4 is 0 Å². The van der Waals surface area contributed by atoms with Gasteiger partial charge in [0.25, 0.3) is 0 Å². The van der Waals surface area contributed by atoms with Gasteiger partial charge in [-0.2, -0.15) is 0 Å². The maximum absolute atomic E-state index is 10.6. The average molecular weight is 244 g/mol. The molecule has 0 saturated heterocycles. The Morgan fingerprint density at radius 2 is 1.89 bits per heavy atom. The number of hydrogen-bond acceptors (Lipinski definition) is 1. The molecule has 2 bridgehead atoms. The number of aliphatic hydroxyl groups is 1. The molecule has 2 aliphatic rings. The third-order valence-electron chi connectivity index (χ3n) is 5.29. The molecule has 1 aromatic carbocycles. The molecule has 0 amide bonds. The van der Waals surface area contributed by atoms with Crippen LogP contribution in [0.1, 0.15) is 54.9 Å². The highest BCUT2D eigenvalue weighted by Gasteiger charge is 2.40. The van der Waals surface area contributed by atoms with Crippen LogP contribution >= 0.6 is 0 Å². The summed E-state index contributed by atoms with van der Waals surface area (Å²) >= 11 is 0. The van der Waals surface area contributed by atoms with E-state index in [4.69, 9.17) is 0 Å². The molecule has 2 aliphatic carbocycles. The van der Waals surface area contributed by atoms with E-state index in [0.29, 0.717) is 0 Å². The van der Waals surface area contributed by atoms with E-state index in [-0.39, 0.29) is 6.10 Å². The fourth-order valence-electron chi connectivity index (χ4n) is 4.42. The number of aryl methyl sites for hydroxylation is 2. The molecule has 0 aromatic heterocycles. The van der Waals surface area contributed by atoms with Crippen molar-refractivity contribution < 1.29 is 5.11 Å². The van der Waals surface area contributed by atoms with E-state index in [1.54, 1.807) is 0 Å². The molecule has 1 N–H and O–H groups in total. The molecule has 4 unspecified atom stereocenters. The normalized spacial score (nSPS) is 31.8. The van der Waals surface area contributed by atoms with Crippen LogP contribution < -0.4 is 0 Å². The minimum absolute atomic E-state index is 0.254. The van der Waals surface area contributed by atoms with Crippen molar-refractivity contribution in [2.24, 2.45) is 17.8 Å². The summed E-state index contributed by atoms with van der Waals surface area (Å²) in [5.74, 6) is 2.66. The second kappa shape index (κ2) is 4.70. The van der Waals surface area contributed by atoms with Crippen LogP contribution in [-0.4, -0.2) is 5.11 Å². The van der Waals surface area contributed by atoms with Crippen LogP contribution in [-0.2, 0) is 0 Å². The zero-order valence-corrected chi connectivity index (χ0v) is 11.5. The minimum Gasteiger partial charge on any atom is -0.388 e. The largest absolute Gasteiger partial charge is 0.388 e. The Morgan fingerprint density at radius 3 is 2.44 bits per heavy atom. The topological polar surface area (TPSA) is 20.2 Å². The van der Waals surface area contributed by atoms with Gasteiger partial charge in [0, 0.05) is 0 Å². The maximum Gasteiger partial charge on any atom is 0.0797 e. The number of rotatable bonds is 3. The van der Waals surface area contributed by atoms with Crippen molar-refractivity contribution in [2.75, 3.05) is 0 Å². The number of hydrogen-bond donors (Lipinski definition) is 1. The third-order valence-corrected chi connectivity index (χ3v) is 5.29. The molecule has 2 saturated carbocycles. The molecule has 18 heavy (non-hydrogen) atoms. The maximum atomic E-state index is 10.6. The molecule has 3 rings (SSSR count). The molecule has 1 nitrogen and oxygen atoms in total. The Balaban J connectivity index is 1.73. The summed E-state index contributed by atoms with van der Waals surface area (Å²) in [5, 5.41) is 10.6. The molecule has 1 aromatic rings. The van der Waals surface area contributed by atoms with Gasteiger partial charge in [-0.05, 0) is 74.0 Å². The smallest absolute Gasteiger partial charge is 0.0797 e. The summed E-state index contributed by atoms with van der Waals surface area (Å²) < 4.78 is 0. The number of aliphatic hydroxyl groups excluding tert-OH is 1. The van der Waals surface area contributed by atoms with Crippen LogP contribution in [0, 0.1) is 31.6 Å². The Morgan fingerprint density at radius 1 is 1.17 bits per heavy atom. The number of benzene rings is 1. The molecule has 1 heteroatoms. The van der Waals surface area contributed by atoms with Gasteiger partial charge < -0.3 is 5.11 Å². The SMILES string of the molecule is Cc1cccc(C)c1C(O)CC1CC2CCC1C2. The molecule has 0 aliphatic heterocycles. The van der Waals surface area contributed by atoms with Crippen molar-refractivity contribution in [2.45, 2.75) is 52.1 Å². The monoisotopic (exact) mass is 244 g/mol. The highest BCUT2D eigenvalue weighted by Crippen LogP contribution is 2.51. The standard InChI is InChI=1S/C17H24O/c1-11-4-3-5-12(2)17(11)16(18)10-15-9-13-6-7-14(15)8-13/h3-5,13-16,18H,6-10H2,1-2H3. The van der Waals surface area contributed by atoms with Crippen molar-refractivity contribution in [3.8, 4) is 0 Å². The summed E-state index contributed by atoms with van der Waals surface area (Å²) in [6.07, 6.45) is 6.38. The molecule has 98 valence electrons. The predicted molar refractivity (Wildman–Crippen MR) is 74.4 cm³/mol. The summed E-state index contributed by atoms with van der Waals surface area (Å²) in [7, 11) is 0. The van der Waals surface area contributed by atoms with Crippen molar-refractivity contribution in [3.05, 3.63) is 34.9 Å². The highest BCUT2D eigenvalue weighted by atomic mass is 16.3. The quantitative estimate of drug-likeness (QED) is 0.846. The molecular formula is C17H24O. The first kappa shape index (κ1) is 12.2. The molecule has 0 radical (unpaired) electrons. The van der Waals surface area contributed by atoms with Gasteiger partial charge in [-0.1, -0.05) is 24.6 Å². The van der Waals surface area contributed by atoms with Gasteiger partial charge in [-0.15, -0.1) is 0 Å². The predicted octanol–water partition coefficient (Wildman–Crippen LogP) is 4.16. The van der Waals surface area contributed by atoms with Crippen LogP contribution in [0.3, 0.4) is 0 Å². The van der Waals surface area contributed by atoms with E-state index in [1.807, 2.05) is 0 Å². The lowest BCUT2D eigenvalue weighted by molar-refractivity contribution is 0.124. The summed E-state index contributed by atoms with van der Waals surface area (Å²) in [4.78, 5) is 0. The Hall–Kier alpha value is -0.820. The summed E-state index contributed by atoms with van der Waals surface area (Å²) in [6.45, 7) is 4.23. The fourth-order valence-corrected chi connectivity index (χ4v) is 4.42. The molecule has 0 heterocycles. The van der Waals surface area contributed by atoms with Crippen LogP contribution in [0.5, 0.6) is 0 Å². The van der Waals surface area contributed by atoms with Crippen molar-refractivity contribution in [1.82, 2.24) is 0 Å². The van der Waals surface area contributed by atoms with E-state index in [1.165, 1.54) is 42.4 Å². The second-order valence-electron chi connectivity index (χ2n) is 6.49. The zero-order chi connectivity index (χ0) is 12.7. The Bertz CT molecular complexity index is 417. The van der Waals surface area contributed by atoms with Crippen molar-refractivity contribution in [3.63, 3.8) is 0 Å². The lowest BCUT2D eigenvalue weighted by atomic mass is 9.82. The first-order valence-electron chi connectivity index (χ1n) is 7.39. The second-order valence-corrected chi connectivity index (χ2v) is 6.49. The third kappa shape index (κ3) is 2.09. The van der Waals surface area contributed by atoms with Gasteiger partial charge in [-0.25, -0.2) is 0 Å². The lowest BCUT2D eigenvalue weighted by Gasteiger charge is -2.25. The molecule has 4 atom stereocenters. The van der Waals surface area contributed by atoms with Gasteiger partial charge in [0.15, 0.2) is 0 Å². The molecule has 0 spiro atoms. The first-order valence-corrected chi connectivity index (χ1v) is 7.39. The Kier molecular flexibility index (Phi) is 3.19. The highest BCUT2D eigenvalue weighted by molar-refractivity contribution is 5.35. The number of fused-ring (bicyclic) bond motifs is 2. The van der Waals surface area contributed by atoms with Crippen molar-refractivity contribution in [1.29, 1.82) is 0 Å². The van der Waals surface area contributed by atoms with Gasteiger partial charge in [0.05, 0.1) is 6.10 Å². The van der Waals surface area contributed by atoms with Gasteiger partial charge >= 0.3 is 0 Å². The lowest BCUT2D eigenvalue weighted by Crippen LogP contribution is -2.15. The van der Waals surface area contributed by atoms with E-state index >= 15 is 0 Å². The van der Waals surface area contributed by atoms with E-state index in [2.05, 4.69) is 32.0 Å². The van der Waals surface area contributed by atoms with Gasteiger partial charge in [-0.3, -0.25) is 0 Å².